The third-order valence-electron chi connectivity index (χ3n) is 6.90. The van der Waals surface area contributed by atoms with Crippen LogP contribution in [0.2, 0.25) is 0 Å². The fourth-order valence-electron chi connectivity index (χ4n) is 5.02. The van der Waals surface area contributed by atoms with Gasteiger partial charge < -0.3 is 9.47 Å². The number of methoxy groups -OCH3 is 1. The first-order valence-electron chi connectivity index (χ1n) is 11.6. The number of hydrogen-bond donors (Lipinski definition) is 0. The zero-order valence-corrected chi connectivity index (χ0v) is 21.0. The minimum absolute atomic E-state index is 0.721. The van der Waals surface area contributed by atoms with Crippen molar-refractivity contribution in [2.75, 3.05) is 7.11 Å². The summed E-state index contributed by atoms with van der Waals surface area (Å²) in [6.07, 6.45) is 4.41. The summed E-state index contributed by atoms with van der Waals surface area (Å²) < 4.78 is 17.8. The summed E-state index contributed by atoms with van der Waals surface area (Å²) in [7, 11) is 1.70. The Balaban J connectivity index is 1.47. The van der Waals surface area contributed by atoms with Crippen LogP contribution in [0, 0.1) is 6.92 Å². The Bertz CT molecular complexity index is 1750. The van der Waals surface area contributed by atoms with Gasteiger partial charge in [-0.2, -0.15) is 0 Å². The summed E-state index contributed by atoms with van der Waals surface area (Å²) >= 11 is 3.71. The number of rotatable bonds is 3. The van der Waals surface area contributed by atoms with Crippen molar-refractivity contribution in [1.82, 2.24) is 0 Å². The van der Waals surface area contributed by atoms with Gasteiger partial charge in [0.05, 0.1) is 21.2 Å². The highest BCUT2D eigenvalue weighted by molar-refractivity contribution is 7.36. The van der Waals surface area contributed by atoms with Crippen LogP contribution in [0.3, 0.4) is 0 Å². The lowest BCUT2D eigenvalue weighted by Crippen LogP contribution is -2.34. The minimum atomic E-state index is -0.721. The van der Waals surface area contributed by atoms with Gasteiger partial charge in [0, 0.05) is 32.2 Å². The van der Waals surface area contributed by atoms with Crippen molar-refractivity contribution in [2.24, 2.45) is 0 Å². The summed E-state index contributed by atoms with van der Waals surface area (Å²) in [6.45, 7) is 2.11. The van der Waals surface area contributed by atoms with Crippen LogP contribution in [-0.4, -0.2) is 7.11 Å². The van der Waals surface area contributed by atoms with E-state index in [9.17, 15) is 0 Å². The molecule has 2 aromatic heterocycles. The molecule has 0 saturated carbocycles. The third-order valence-corrected chi connectivity index (χ3v) is 9.47. The molecule has 0 fully saturated rings. The van der Waals surface area contributed by atoms with Crippen LogP contribution in [0.5, 0.6) is 11.5 Å². The molecule has 1 aliphatic heterocycles. The van der Waals surface area contributed by atoms with Crippen LogP contribution in [0.15, 0.2) is 91.0 Å². The molecule has 0 N–H and O–H groups in total. The first-order chi connectivity index (χ1) is 17.2. The molecule has 0 spiro atoms. The lowest BCUT2D eigenvalue weighted by molar-refractivity contribution is 0.164. The van der Waals surface area contributed by atoms with E-state index in [1.54, 1.807) is 7.11 Å². The van der Waals surface area contributed by atoms with Crippen LogP contribution < -0.4 is 9.47 Å². The van der Waals surface area contributed by atoms with Gasteiger partial charge in [-0.1, -0.05) is 78.4 Å². The van der Waals surface area contributed by atoms with Gasteiger partial charge in [0.25, 0.3) is 0 Å². The Hall–Kier alpha value is -3.60. The number of fused-ring (bicyclic) bond motifs is 7. The molecule has 7 rings (SSSR count). The molecule has 0 bridgehead atoms. The summed E-state index contributed by atoms with van der Waals surface area (Å²) in [5.41, 5.74) is 3.81. The second-order valence-electron chi connectivity index (χ2n) is 8.98. The maximum absolute atomic E-state index is 7.12. The molecule has 0 amide bonds. The van der Waals surface area contributed by atoms with E-state index in [-0.39, 0.29) is 0 Å². The Morgan fingerprint density at radius 3 is 2.20 bits per heavy atom. The highest BCUT2D eigenvalue weighted by Gasteiger charge is 2.38. The summed E-state index contributed by atoms with van der Waals surface area (Å²) in [4.78, 5) is 0. The van der Waals surface area contributed by atoms with Gasteiger partial charge in [0.1, 0.15) is 11.5 Å². The van der Waals surface area contributed by atoms with E-state index in [0.717, 1.165) is 28.2 Å². The first kappa shape index (κ1) is 20.7. The van der Waals surface area contributed by atoms with Crippen LogP contribution >= 0.6 is 22.7 Å². The van der Waals surface area contributed by atoms with Gasteiger partial charge in [-0.25, -0.2) is 0 Å². The van der Waals surface area contributed by atoms with Crippen molar-refractivity contribution < 1.29 is 9.47 Å². The molecular formula is C31H22O2S2. The molecule has 4 heteroatoms. The predicted molar refractivity (Wildman–Crippen MR) is 149 cm³/mol. The average Bonchev–Trinajstić information content (AvgIpc) is 3.45. The van der Waals surface area contributed by atoms with Gasteiger partial charge in [-0.05, 0) is 31.2 Å². The number of thiophene rings is 2. The largest absolute Gasteiger partial charge is 0.497 e. The normalized spacial score (nSPS) is 17.1. The third kappa shape index (κ3) is 3.07. The molecule has 4 aromatic carbocycles. The predicted octanol–water partition coefficient (Wildman–Crippen LogP) is 8.94. The van der Waals surface area contributed by atoms with Crippen molar-refractivity contribution in [3.05, 3.63) is 113 Å². The standard InChI is InChI=1S/C31H22O2S2/c1-19-7-10-21(11-8-19)31(22-12-14-23(32-2)15-13-22)18-17-20-9-16-25-28(27(20)33-31)35-29-24-5-3-4-6-26(24)34-30(25)29/h3-18H,1-2H3. The number of ether oxygens (including phenoxy) is 2. The van der Waals surface area contributed by atoms with Crippen molar-refractivity contribution in [2.45, 2.75) is 12.5 Å². The van der Waals surface area contributed by atoms with Gasteiger partial charge >= 0.3 is 0 Å². The van der Waals surface area contributed by atoms with E-state index in [4.69, 9.17) is 9.47 Å². The van der Waals surface area contributed by atoms with Crippen LogP contribution in [0.1, 0.15) is 22.3 Å². The molecule has 1 atom stereocenters. The van der Waals surface area contributed by atoms with Crippen molar-refractivity contribution in [3.63, 3.8) is 0 Å². The van der Waals surface area contributed by atoms with E-state index in [1.807, 2.05) is 34.8 Å². The molecule has 0 radical (unpaired) electrons. The fourth-order valence-corrected chi connectivity index (χ4v) is 7.75. The molecule has 6 aromatic rings. The lowest BCUT2D eigenvalue weighted by atomic mass is 9.83. The van der Waals surface area contributed by atoms with Crippen LogP contribution in [-0.2, 0) is 5.60 Å². The Kier molecular flexibility index (Phi) is 4.57. The molecular weight excluding hydrogens is 468 g/mol. The first-order valence-corrected chi connectivity index (χ1v) is 13.3. The van der Waals surface area contributed by atoms with Crippen LogP contribution in [0.25, 0.3) is 35.6 Å². The van der Waals surface area contributed by atoms with Gasteiger partial charge in [-0.15, -0.1) is 22.7 Å². The quantitative estimate of drug-likeness (QED) is 0.246. The molecule has 1 unspecified atom stereocenters. The molecule has 0 saturated heterocycles. The zero-order chi connectivity index (χ0) is 23.6. The number of aryl methyl sites for hydroxylation is 1. The van der Waals surface area contributed by atoms with Crippen molar-refractivity contribution >= 4 is 58.3 Å². The van der Waals surface area contributed by atoms with Crippen molar-refractivity contribution in [1.29, 1.82) is 0 Å². The number of hydrogen-bond acceptors (Lipinski definition) is 4. The highest BCUT2D eigenvalue weighted by atomic mass is 32.1. The molecule has 0 aliphatic carbocycles. The maximum Gasteiger partial charge on any atom is 0.178 e. The Labute approximate surface area is 211 Å². The summed E-state index contributed by atoms with van der Waals surface area (Å²) in [5.74, 6) is 1.79. The Morgan fingerprint density at radius 1 is 0.714 bits per heavy atom. The maximum atomic E-state index is 7.12. The van der Waals surface area contributed by atoms with Crippen molar-refractivity contribution in [3.8, 4) is 11.5 Å². The van der Waals surface area contributed by atoms with E-state index < -0.39 is 5.60 Å². The second-order valence-corrected chi connectivity index (χ2v) is 11.1. The topological polar surface area (TPSA) is 18.5 Å². The van der Waals surface area contributed by atoms with Gasteiger partial charge in [0.15, 0.2) is 5.60 Å². The van der Waals surface area contributed by atoms with Gasteiger partial charge in [-0.3, -0.25) is 0 Å². The summed E-state index contributed by atoms with van der Waals surface area (Å²) in [6, 6.07) is 30.0. The van der Waals surface area contributed by atoms with E-state index in [2.05, 4.69) is 91.9 Å². The monoisotopic (exact) mass is 490 g/mol. The highest BCUT2D eigenvalue weighted by Crippen LogP contribution is 2.51. The Morgan fingerprint density at radius 2 is 1.43 bits per heavy atom. The molecule has 170 valence electrons. The van der Waals surface area contributed by atoms with E-state index in [0.29, 0.717) is 0 Å². The number of benzene rings is 4. The molecule has 35 heavy (non-hydrogen) atoms. The molecule has 3 heterocycles. The summed E-state index contributed by atoms with van der Waals surface area (Å²) in [5, 5.41) is 2.60. The zero-order valence-electron chi connectivity index (χ0n) is 19.4. The van der Waals surface area contributed by atoms with E-state index in [1.165, 1.54) is 35.1 Å². The lowest BCUT2D eigenvalue weighted by Gasteiger charge is -2.36. The minimum Gasteiger partial charge on any atom is -0.497 e. The average molecular weight is 491 g/mol. The van der Waals surface area contributed by atoms with Gasteiger partial charge in [0.2, 0.25) is 0 Å². The van der Waals surface area contributed by atoms with E-state index >= 15 is 0 Å². The molecule has 2 nitrogen and oxygen atoms in total. The molecule has 1 aliphatic rings. The van der Waals surface area contributed by atoms with Crippen LogP contribution in [0.4, 0.5) is 0 Å². The SMILES string of the molecule is COc1ccc(C2(c3ccc(C)cc3)C=Cc3ccc4c(sc5c6ccccc6sc45)c3O2)cc1. The smallest absolute Gasteiger partial charge is 0.178 e. The fraction of sp³-hybridized carbons (Fsp3) is 0.0968. The second kappa shape index (κ2) is 7.70.